The Labute approximate surface area is 206 Å². The largest absolute Gasteiger partial charge is 0.505 e. The van der Waals surface area contributed by atoms with E-state index in [0.717, 1.165) is 0 Å². The van der Waals surface area contributed by atoms with E-state index in [0.29, 0.717) is 33.3 Å². The number of nitrogens with one attached hydrogen (secondary N) is 2. The molecule has 0 heterocycles. The average molecular weight is 479 g/mol. The lowest BCUT2D eigenvalue weighted by atomic mass is 10.0. The predicted molar refractivity (Wildman–Crippen MR) is 135 cm³/mol. The molecule has 3 N–H and O–H groups in total. The number of anilines is 1. The number of rotatable bonds is 6. The summed E-state index contributed by atoms with van der Waals surface area (Å²) in [5.74, 6) is -0.875. The lowest BCUT2D eigenvalue weighted by Gasteiger charge is -2.11. The second kappa shape index (κ2) is 10.4. The lowest BCUT2D eigenvalue weighted by molar-refractivity contribution is 0.0962. The maximum Gasteiger partial charge on any atom is 0.259 e. The first kappa shape index (κ1) is 23.9. The molecule has 4 rings (SSSR count). The van der Waals surface area contributed by atoms with Gasteiger partial charge in [0, 0.05) is 23.7 Å². The van der Waals surface area contributed by atoms with E-state index in [1.807, 2.05) is 6.07 Å². The molecular formula is C27H21N5O4. The van der Waals surface area contributed by atoms with Gasteiger partial charge in [0.05, 0.1) is 24.3 Å². The van der Waals surface area contributed by atoms with E-state index >= 15 is 0 Å². The number of benzene rings is 4. The van der Waals surface area contributed by atoms with Crippen LogP contribution in [0.25, 0.3) is 10.8 Å². The molecule has 0 aliphatic heterocycles. The number of amides is 2. The number of phenols is 1. The van der Waals surface area contributed by atoms with Crippen LogP contribution < -0.4 is 15.4 Å². The Balaban J connectivity index is 1.79. The van der Waals surface area contributed by atoms with E-state index in [1.165, 1.54) is 26.3 Å². The van der Waals surface area contributed by atoms with Crippen molar-refractivity contribution in [2.24, 2.45) is 10.2 Å². The van der Waals surface area contributed by atoms with E-state index in [-0.39, 0.29) is 28.6 Å². The van der Waals surface area contributed by atoms with Crippen LogP contribution in [0.1, 0.15) is 26.3 Å². The Hall–Kier alpha value is -5.23. The number of nitriles is 1. The number of azo groups is 1. The van der Waals surface area contributed by atoms with Gasteiger partial charge >= 0.3 is 0 Å². The molecule has 0 aromatic heterocycles. The molecule has 4 aromatic carbocycles. The molecule has 0 aliphatic carbocycles. The minimum Gasteiger partial charge on any atom is -0.505 e. The van der Waals surface area contributed by atoms with Crippen LogP contribution in [0.5, 0.6) is 11.5 Å². The molecule has 36 heavy (non-hydrogen) atoms. The Morgan fingerprint density at radius 1 is 0.972 bits per heavy atom. The second-order valence-corrected chi connectivity index (χ2v) is 7.65. The minimum absolute atomic E-state index is 0.0175. The van der Waals surface area contributed by atoms with E-state index in [9.17, 15) is 14.7 Å². The maximum atomic E-state index is 13.1. The second-order valence-electron chi connectivity index (χ2n) is 7.65. The molecule has 0 atom stereocenters. The third-order valence-electron chi connectivity index (χ3n) is 5.42. The van der Waals surface area contributed by atoms with Crippen LogP contribution in [0.2, 0.25) is 0 Å². The smallest absolute Gasteiger partial charge is 0.259 e. The van der Waals surface area contributed by atoms with Crippen LogP contribution in [0, 0.1) is 11.3 Å². The van der Waals surface area contributed by atoms with Gasteiger partial charge in [-0.15, -0.1) is 10.2 Å². The highest BCUT2D eigenvalue weighted by atomic mass is 16.5. The Bertz CT molecular complexity index is 1560. The summed E-state index contributed by atoms with van der Waals surface area (Å²) in [6.07, 6.45) is 0. The van der Waals surface area contributed by atoms with Gasteiger partial charge in [-0.2, -0.15) is 5.26 Å². The molecule has 0 saturated carbocycles. The van der Waals surface area contributed by atoms with Crippen molar-refractivity contribution in [3.8, 4) is 17.6 Å². The van der Waals surface area contributed by atoms with Crippen LogP contribution in [-0.4, -0.2) is 31.1 Å². The summed E-state index contributed by atoms with van der Waals surface area (Å²) in [6.45, 7) is 0. The molecule has 178 valence electrons. The van der Waals surface area contributed by atoms with E-state index < -0.39 is 5.91 Å². The molecule has 9 heteroatoms. The van der Waals surface area contributed by atoms with E-state index in [2.05, 4.69) is 20.9 Å². The summed E-state index contributed by atoms with van der Waals surface area (Å²) in [4.78, 5) is 25.1. The van der Waals surface area contributed by atoms with Gasteiger partial charge in [-0.3, -0.25) is 9.59 Å². The molecule has 0 bridgehead atoms. The van der Waals surface area contributed by atoms with Crippen LogP contribution in [-0.2, 0) is 0 Å². The van der Waals surface area contributed by atoms with Crippen molar-refractivity contribution >= 4 is 39.6 Å². The van der Waals surface area contributed by atoms with Gasteiger partial charge in [0.25, 0.3) is 11.8 Å². The fourth-order valence-electron chi connectivity index (χ4n) is 3.61. The van der Waals surface area contributed by atoms with Crippen molar-refractivity contribution in [3.05, 3.63) is 89.5 Å². The number of phenolic OH excluding ortho intramolecular Hbond substituents is 1. The number of hydrogen-bond donors (Lipinski definition) is 3. The number of hydrogen-bond acceptors (Lipinski definition) is 7. The maximum absolute atomic E-state index is 13.1. The standard InChI is InChI=1S/C27H21N5O4/c1-29-26(34)18-10-11-23(36-2)22(14-18)31-32-24-20-9-4-3-7-17(20)13-21(25(24)33)27(35)30-19-8-5-6-16(12-19)15-28/h3-14,33H,1-2H3,(H,29,34)(H,30,35)/b32-31+. The molecule has 2 amide bonds. The first-order valence-corrected chi connectivity index (χ1v) is 10.8. The molecule has 0 aliphatic rings. The number of carbonyl (C=O) groups is 2. The van der Waals surface area contributed by atoms with Crippen LogP contribution in [0.4, 0.5) is 17.1 Å². The van der Waals surface area contributed by atoms with Gasteiger partial charge in [0.15, 0.2) is 5.75 Å². The highest BCUT2D eigenvalue weighted by molar-refractivity contribution is 6.11. The van der Waals surface area contributed by atoms with Crippen molar-refractivity contribution in [1.82, 2.24) is 5.32 Å². The van der Waals surface area contributed by atoms with Crippen LogP contribution in [0.3, 0.4) is 0 Å². The van der Waals surface area contributed by atoms with Crippen molar-refractivity contribution in [3.63, 3.8) is 0 Å². The monoisotopic (exact) mass is 479 g/mol. The summed E-state index contributed by atoms with van der Waals surface area (Å²) >= 11 is 0. The number of fused-ring (bicyclic) bond motifs is 1. The van der Waals surface area contributed by atoms with Gasteiger partial charge in [0.1, 0.15) is 17.1 Å². The predicted octanol–water partition coefficient (Wildman–Crippen LogP) is 5.45. The van der Waals surface area contributed by atoms with E-state index in [4.69, 9.17) is 10.00 Å². The van der Waals surface area contributed by atoms with Gasteiger partial charge in [-0.25, -0.2) is 0 Å². The minimum atomic E-state index is -0.580. The molecule has 0 radical (unpaired) electrons. The lowest BCUT2D eigenvalue weighted by Crippen LogP contribution is -2.17. The SMILES string of the molecule is CNC(=O)c1ccc(OC)c(/N=N/c2c(O)c(C(=O)Nc3cccc(C#N)c3)cc3ccccc23)c1. The van der Waals surface area contributed by atoms with Gasteiger partial charge in [-0.1, -0.05) is 30.3 Å². The molecule has 4 aromatic rings. The van der Waals surface area contributed by atoms with Gasteiger partial charge in [0.2, 0.25) is 0 Å². The number of methoxy groups -OCH3 is 1. The highest BCUT2D eigenvalue weighted by Gasteiger charge is 2.19. The number of aromatic hydroxyl groups is 1. The molecule has 0 fully saturated rings. The zero-order valence-electron chi connectivity index (χ0n) is 19.4. The summed E-state index contributed by atoms with van der Waals surface area (Å²) in [6, 6.07) is 21.8. The molecule has 0 spiro atoms. The Morgan fingerprint density at radius 2 is 1.78 bits per heavy atom. The van der Waals surface area contributed by atoms with Gasteiger partial charge < -0.3 is 20.5 Å². The van der Waals surface area contributed by atoms with Crippen molar-refractivity contribution < 1.29 is 19.4 Å². The fourth-order valence-corrected chi connectivity index (χ4v) is 3.61. The number of nitrogens with zero attached hydrogens (tertiary/aromatic N) is 3. The van der Waals surface area contributed by atoms with Crippen molar-refractivity contribution in [1.29, 1.82) is 5.26 Å². The zero-order valence-corrected chi connectivity index (χ0v) is 19.4. The van der Waals surface area contributed by atoms with Crippen molar-refractivity contribution in [2.45, 2.75) is 0 Å². The quantitative estimate of drug-likeness (QED) is 0.316. The fraction of sp³-hybridized carbons (Fsp3) is 0.0741. The van der Waals surface area contributed by atoms with Crippen LogP contribution >= 0.6 is 0 Å². The number of ether oxygens (including phenoxy) is 1. The Kier molecular flexibility index (Phi) is 6.88. The number of carbonyl (C=O) groups excluding carboxylic acids is 2. The average Bonchev–Trinajstić information content (AvgIpc) is 2.91. The third-order valence-corrected chi connectivity index (χ3v) is 5.42. The first-order valence-electron chi connectivity index (χ1n) is 10.8. The third kappa shape index (κ3) is 4.83. The Morgan fingerprint density at radius 3 is 2.53 bits per heavy atom. The summed E-state index contributed by atoms with van der Waals surface area (Å²) in [5.41, 5.74) is 1.48. The van der Waals surface area contributed by atoms with Crippen molar-refractivity contribution in [2.75, 3.05) is 19.5 Å². The van der Waals surface area contributed by atoms with E-state index in [1.54, 1.807) is 60.7 Å². The normalized spacial score (nSPS) is 10.7. The summed E-state index contributed by atoms with van der Waals surface area (Å²) < 4.78 is 5.33. The molecule has 0 saturated heterocycles. The summed E-state index contributed by atoms with van der Waals surface area (Å²) in [7, 11) is 2.98. The molecule has 0 unspecified atom stereocenters. The van der Waals surface area contributed by atoms with Crippen LogP contribution in [0.15, 0.2) is 83.0 Å². The first-order chi connectivity index (χ1) is 17.4. The molecular weight excluding hydrogens is 458 g/mol. The highest BCUT2D eigenvalue weighted by Crippen LogP contribution is 2.40. The molecule has 9 nitrogen and oxygen atoms in total. The summed E-state index contributed by atoms with van der Waals surface area (Å²) in [5, 5.41) is 35.1. The topological polar surface area (TPSA) is 136 Å². The zero-order chi connectivity index (χ0) is 25.7. The van der Waals surface area contributed by atoms with Gasteiger partial charge in [-0.05, 0) is 47.9 Å².